The molecule has 1 aliphatic rings. The summed E-state index contributed by atoms with van der Waals surface area (Å²) in [5.41, 5.74) is -0.361. The number of esters is 1. The zero-order valence-electron chi connectivity index (χ0n) is 6.22. The summed E-state index contributed by atoms with van der Waals surface area (Å²) in [6, 6.07) is 0. The minimum absolute atomic E-state index is 0.106. The van der Waals surface area contributed by atoms with E-state index in [1.807, 2.05) is 6.92 Å². The number of cyclic esters (lactones) is 1. The highest BCUT2D eigenvalue weighted by Crippen LogP contribution is 2.34. The van der Waals surface area contributed by atoms with Crippen LogP contribution >= 0.6 is 0 Å². The lowest BCUT2D eigenvalue weighted by molar-refractivity contribution is -0.144. The molecule has 1 atom stereocenters. The third-order valence-electron chi connectivity index (χ3n) is 2.21. The molecule has 2 heteroatoms. The van der Waals surface area contributed by atoms with Gasteiger partial charge in [0.15, 0.2) is 0 Å². The van der Waals surface area contributed by atoms with Gasteiger partial charge in [-0.25, -0.2) is 0 Å². The van der Waals surface area contributed by atoms with Crippen LogP contribution in [0.4, 0.5) is 0 Å². The molecule has 0 aromatic heterocycles. The van der Waals surface area contributed by atoms with Crippen molar-refractivity contribution in [3.8, 4) is 0 Å². The number of hydrogen-bond donors (Lipinski definition) is 0. The summed E-state index contributed by atoms with van der Waals surface area (Å²) in [7, 11) is 0. The molecule has 0 N–H and O–H groups in total. The molecule has 56 valence electrons. The Balaban J connectivity index is 2.81. The fourth-order valence-corrected chi connectivity index (χ4v) is 1.22. The molecular formula is C8H12O2. The van der Waals surface area contributed by atoms with Gasteiger partial charge in [0.05, 0.1) is 12.0 Å². The van der Waals surface area contributed by atoms with Crippen molar-refractivity contribution in [1.29, 1.82) is 0 Å². The average Bonchev–Trinajstić information content (AvgIpc) is 2.32. The molecule has 0 radical (unpaired) electrons. The van der Waals surface area contributed by atoms with Gasteiger partial charge in [0.1, 0.15) is 0 Å². The second-order valence-corrected chi connectivity index (χ2v) is 2.60. The van der Waals surface area contributed by atoms with Crippen LogP contribution in [0.5, 0.6) is 0 Å². The predicted molar refractivity (Wildman–Crippen MR) is 38.5 cm³/mol. The molecule has 0 saturated carbocycles. The summed E-state index contributed by atoms with van der Waals surface area (Å²) in [4.78, 5) is 11.1. The Labute approximate surface area is 60.9 Å². The predicted octanol–water partition coefficient (Wildman–Crippen LogP) is 1.52. The van der Waals surface area contributed by atoms with Gasteiger partial charge in [0.2, 0.25) is 0 Å². The van der Waals surface area contributed by atoms with E-state index < -0.39 is 0 Å². The van der Waals surface area contributed by atoms with Crippen molar-refractivity contribution in [1.82, 2.24) is 0 Å². The zero-order chi connectivity index (χ0) is 7.61. The number of hydrogen-bond acceptors (Lipinski definition) is 2. The molecular weight excluding hydrogens is 128 g/mol. The third-order valence-corrected chi connectivity index (χ3v) is 2.21. The summed E-state index contributed by atoms with van der Waals surface area (Å²) < 4.78 is 4.84. The van der Waals surface area contributed by atoms with Gasteiger partial charge in [-0.1, -0.05) is 13.0 Å². The third kappa shape index (κ3) is 0.838. The molecule has 0 amide bonds. The molecule has 1 rings (SSSR count). The number of carbonyl (C=O) groups excluding carboxylic acids is 1. The largest absolute Gasteiger partial charge is 0.465 e. The lowest BCUT2D eigenvalue weighted by Gasteiger charge is -2.15. The Bertz CT molecular complexity index is 163. The first-order valence-corrected chi connectivity index (χ1v) is 3.56. The van der Waals surface area contributed by atoms with E-state index >= 15 is 0 Å². The van der Waals surface area contributed by atoms with Gasteiger partial charge in [-0.05, 0) is 6.42 Å². The fourth-order valence-electron chi connectivity index (χ4n) is 1.22. The molecule has 0 aromatic carbocycles. The first-order valence-electron chi connectivity index (χ1n) is 3.56. The van der Waals surface area contributed by atoms with Crippen molar-refractivity contribution in [2.24, 2.45) is 5.41 Å². The van der Waals surface area contributed by atoms with Crippen LogP contribution in [0.2, 0.25) is 0 Å². The topological polar surface area (TPSA) is 26.3 Å². The molecule has 1 fully saturated rings. The van der Waals surface area contributed by atoms with Crippen LogP contribution in [0, 0.1) is 5.41 Å². The molecule has 1 aliphatic heterocycles. The van der Waals surface area contributed by atoms with Crippen molar-refractivity contribution >= 4 is 5.97 Å². The van der Waals surface area contributed by atoms with E-state index in [2.05, 4.69) is 6.58 Å². The summed E-state index contributed by atoms with van der Waals surface area (Å²) in [6.07, 6.45) is 3.31. The Kier molecular flexibility index (Phi) is 1.79. The molecule has 2 nitrogen and oxygen atoms in total. The Morgan fingerprint density at radius 3 is 2.80 bits per heavy atom. The quantitative estimate of drug-likeness (QED) is 0.429. The Morgan fingerprint density at radius 1 is 1.90 bits per heavy atom. The summed E-state index contributed by atoms with van der Waals surface area (Å²) in [5, 5.41) is 0. The molecule has 1 heterocycles. The molecule has 10 heavy (non-hydrogen) atoms. The van der Waals surface area contributed by atoms with E-state index in [4.69, 9.17) is 4.74 Å². The number of carbonyl (C=O) groups is 1. The van der Waals surface area contributed by atoms with E-state index in [-0.39, 0.29) is 11.4 Å². The van der Waals surface area contributed by atoms with Crippen LogP contribution < -0.4 is 0 Å². The van der Waals surface area contributed by atoms with Crippen molar-refractivity contribution in [3.05, 3.63) is 12.7 Å². The van der Waals surface area contributed by atoms with Gasteiger partial charge in [0.25, 0.3) is 0 Å². The molecule has 0 spiro atoms. The van der Waals surface area contributed by atoms with Gasteiger partial charge in [-0.2, -0.15) is 0 Å². The second-order valence-electron chi connectivity index (χ2n) is 2.60. The van der Waals surface area contributed by atoms with Gasteiger partial charge in [-0.3, -0.25) is 4.79 Å². The normalized spacial score (nSPS) is 31.9. The maximum absolute atomic E-state index is 11.1. The van der Waals surface area contributed by atoms with E-state index in [9.17, 15) is 4.79 Å². The fraction of sp³-hybridized carbons (Fsp3) is 0.625. The molecule has 1 unspecified atom stereocenters. The van der Waals surface area contributed by atoms with Crippen molar-refractivity contribution in [2.75, 3.05) is 6.61 Å². The van der Waals surface area contributed by atoms with Gasteiger partial charge in [-0.15, -0.1) is 6.58 Å². The van der Waals surface area contributed by atoms with E-state index in [0.717, 1.165) is 12.8 Å². The van der Waals surface area contributed by atoms with Crippen molar-refractivity contribution in [2.45, 2.75) is 19.8 Å². The van der Waals surface area contributed by atoms with Crippen molar-refractivity contribution in [3.63, 3.8) is 0 Å². The van der Waals surface area contributed by atoms with Gasteiger partial charge < -0.3 is 4.74 Å². The zero-order valence-corrected chi connectivity index (χ0v) is 6.22. The number of ether oxygens (including phenoxy) is 1. The summed E-state index contributed by atoms with van der Waals surface area (Å²) in [6.45, 7) is 6.17. The maximum atomic E-state index is 11.1. The summed E-state index contributed by atoms with van der Waals surface area (Å²) in [5.74, 6) is -0.106. The highest BCUT2D eigenvalue weighted by Gasteiger charge is 2.39. The van der Waals surface area contributed by atoms with Gasteiger partial charge in [0, 0.05) is 6.42 Å². The maximum Gasteiger partial charge on any atom is 0.316 e. The molecule has 0 bridgehead atoms. The van der Waals surface area contributed by atoms with Crippen LogP contribution in [0.15, 0.2) is 12.7 Å². The van der Waals surface area contributed by atoms with E-state index in [0.29, 0.717) is 6.61 Å². The minimum Gasteiger partial charge on any atom is -0.465 e. The first kappa shape index (κ1) is 7.32. The van der Waals surface area contributed by atoms with E-state index in [1.165, 1.54) is 0 Å². The van der Waals surface area contributed by atoms with Crippen LogP contribution in [-0.2, 0) is 9.53 Å². The Hall–Kier alpha value is -0.790. The number of rotatable bonds is 2. The monoisotopic (exact) mass is 140 g/mol. The second kappa shape index (κ2) is 2.45. The van der Waals surface area contributed by atoms with Crippen LogP contribution in [-0.4, -0.2) is 12.6 Å². The SMILES string of the molecule is C=CC1(CC)CCOC1=O. The average molecular weight is 140 g/mol. The van der Waals surface area contributed by atoms with Crippen LogP contribution in [0.3, 0.4) is 0 Å². The highest BCUT2D eigenvalue weighted by molar-refractivity contribution is 5.80. The van der Waals surface area contributed by atoms with E-state index in [1.54, 1.807) is 6.08 Å². The van der Waals surface area contributed by atoms with Crippen LogP contribution in [0.1, 0.15) is 19.8 Å². The van der Waals surface area contributed by atoms with Crippen LogP contribution in [0.25, 0.3) is 0 Å². The Morgan fingerprint density at radius 2 is 2.60 bits per heavy atom. The standard InChI is InChI=1S/C8H12O2/c1-3-8(4-2)5-6-10-7(8)9/h3H,1,4-6H2,2H3. The molecule has 1 saturated heterocycles. The van der Waals surface area contributed by atoms with Gasteiger partial charge >= 0.3 is 5.97 Å². The lowest BCUT2D eigenvalue weighted by atomic mass is 9.84. The minimum atomic E-state index is -0.361. The molecule has 0 aliphatic carbocycles. The summed E-state index contributed by atoms with van der Waals surface area (Å²) >= 11 is 0. The molecule has 0 aromatic rings. The van der Waals surface area contributed by atoms with Crippen molar-refractivity contribution < 1.29 is 9.53 Å². The first-order chi connectivity index (χ1) is 4.75. The highest BCUT2D eigenvalue weighted by atomic mass is 16.5. The lowest BCUT2D eigenvalue weighted by Crippen LogP contribution is -2.22. The smallest absolute Gasteiger partial charge is 0.316 e.